The first-order valence-corrected chi connectivity index (χ1v) is 5.60. The Labute approximate surface area is 92.2 Å². The molecule has 0 saturated carbocycles. The Kier molecular flexibility index (Phi) is 2.64. The summed E-state index contributed by atoms with van der Waals surface area (Å²) in [6.07, 6.45) is 0. The number of aromatic nitrogens is 3. The second kappa shape index (κ2) is 3.94. The van der Waals surface area contributed by atoms with E-state index in [4.69, 9.17) is 5.73 Å². The Hall–Kier alpha value is -1.49. The fourth-order valence-corrected chi connectivity index (χ4v) is 1.84. The van der Waals surface area contributed by atoms with Gasteiger partial charge in [0.1, 0.15) is 5.82 Å². The number of nitrogens with two attached hydrogens (primary N) is 1. The van der Waals surface area contributed by atoms with Crippen molar-refractivity contribution in [3.8, 4) is 10.7 Å². The Balaban J connectivity index is 2.49. The molecule has 0 atom stereocenters. The number of anilines is 1. The molecule has 0 saturated heterocycles. The highest BCUT2D eigenvalue weighted by Gasteiger charge is 2.09. The van der Waals surface area contributed by atoms with Gasteiger partial charge in [-0.15, -0.1) is 11.3 Å². The lowest BCUT2D eigenvalue weighted by Gasteiger charge is -2.05. The maximum Gasteiger partial charge on any atom is 0.223 e. The standard InChI is InChI=1S/C10H12N4S/c1-6(2)8-12-9(14-10(11)13-8)7-4-3-5-15-7/h3-6H,1-2H3,(H2,11,12,13,14). The Morgan fingerprint density at radius 2 is 2.07 bits per heavy atom. The van der Waals surface area contributed by atoms with Crippen molar-refractivity contribution < 1.29 is 0 Å². The molecule has 0 unspecified atom stereocenters. The fraction of sp³-hybridized carbons (Fsp3) is 0.300. The summed E-state index contributed by atoms with van der Waals surface area (Å²) in [6.45, 7) is 4.07. The molecule has 2 heterocycles. The van der Waals surface area contributed by atoms with Gasteiger partial charge in [0, 0.05) is 5.92 Å². The number of hydrogen-bond acceptors (Lipinski definition) is 5. The quantitative estimate of drug-likeness (QED) is 0.843. The third-order valence-electron chi connectivity index (χ3n) is 1.93. The van der Waals surface area contributed by atoms with Crippen LogP contribution in [0.5, 0.6) is 0 Å². The van der Waals surface area contributed by atoms with Crippen LogP contribution in [0.4, 0.5) is 5.95 Å². The van der Waals surface area contributed by atoms with E-state index in [1.165, 1.54) is 0 Å². The number of nitrogen functional groups attached to an aromatic ring is 1. The van der Waals surface area contributed by atoms with Crippen molar-refractivity contribution >= 4 is 17.3 Å². The molecule has 4 nitrogen and oxygen atoms in total. The van der Waals surface area contributed by atoms with Crippen LogP contribution in [-0.2, 0) is 0 Å². The second-order valence-corrected chi connectivity index (χ2v) is 4.46. The summed E-state index contributed by atoms with van der Waals surface area (Å²) in [6, 6.07) is 3.94. The summed E-state index contributed by atoms with van der Waals surface area (Å²) in [5.41, 5.74) is 5.65. The third kappa shape index (κ3) is 2.12. The average molecular weight is 220 g/mol. The van der Waals surface area contributed by atoms with E-state index in [0.717, 1.165) is 10.7 Å². The largest absolute Gasteiger partial charge is 0.368 e. The molecular weight excluding hydrogens is 208 g/mol. The van der Waals surface area contributed by atoms with Crippen LogP contribution in [0.2, 0.25) is 0 Å². The molecule has 2 rings (SSSR count). The smallest absolute Gasteiger partial charge is 0.223 e. The van der Waals surface area contributed by atoms with Crippen LogP contribution in [0.1, 0.15) is 25.6 Å². The van der Waals surface area contributed by atoms with Gasteiger partial charge in [0.25, 0.3) is 0 Å². The Morgan fingerprint density at radius 3 is 2.67 bits per heavy atom. The van der Waals surface area contributed by atoms with Crippen LogP contribution in [0.25, 0.3) is 10.7 Å². The molecule has 0 spiro atoms. The van der Waals surface area contributed by atoms with Gasteiger partial charge >= 0.3 is 0 Å². The van der Waals surface area contributed by atoms with E-state index in [1.54, 1.807) is 11.3 Å². The predicted octanol–water partition coefficient (Wildman–Crippen LogP) is 2.31. The molecule has 78 valence electrons. The van der Waals surface area contributed by atoms with Crippen LogP contribution < -0.4 is 5.73 Å². The highest BCUT2D eigenvalue weighted by Crippen LogP contribution is 2.22. The van der Waals surface area contributed by atoms with Crippen LogP contribution >= 0.6 is 11.3 Å². The minimum atomic E-state index is 0.258. The predicted molar refractivity (Wildman–Crippen MR) is 61.6 cm³/mol. The van der Waals surface area contributed by atoms with Gasteiger partial charge in [-0.2, -0.15) is 9.97 Å². The highest BCUT2D eigenvalue weighted by atomic mass is 32.1. The zero-order chi connectivity index (χ0) is 10.8. The van der Waals surface area contributed by atoms with Crippen molar-refractivity contribution in [3.63, 3.8) is 0 Å². The Bertz CT molecular complexity index is 450. The van der Waals surface area contributed by atoms with Crippen LogP contribution in [-0.4, -0.2) is 15.0 Å². The van der Waals surface area contributed by atoms with Gasteiger partial charge < -0.3 is 5.73 Å². The molecule has 0 aliphatic carbocycles. The van der Waals surface area contributed by atoms with Crippen molar-refractivity contribution in [2.24, 2.45) is 0 Å². The molecule has 0 bridgehead atoms. The van der Waals surface area contributed by atoms with Crippen LogP contribution in [0.15, 0.2) is 17.5 Å². The summed E-state index contributed by atoms with van der Waals surface area (Å²) in [7, 11) is 0. The summed E-state index contributed by atoms with van der Waals surface area (Å²) >= 11 is 1.60. The molecule has 0 aromatic carbocycles. The van der Waals surface area contributed by atoms with Crippen molar-refractivity contribution in [2.45, 2.75) is 19.8 Å². The lowest BCUT2D eigenvalue weighted by atomic mass is 10.2. The topological polar surface area (TPSA) is 64.7 Å². The number of nitrogens with zero attached hydrogens (tertiary/aromatic N) is 3. The lowest BCUT2D eigenvalue weighted by molar-refractivity contribution is 0.767. The molecule has 0 fully saturated rings. The Morgan fingerprint density at radius 1 is 1.27 bits per heavy atom. The minimum Gasteiger partial charge on any atom is -0.368 e. The number of hydrogen-bond donors (Lipinski definition) is 1. The van der Waals surface area contributed by atoms with Gasteiger partial charge in [-0.25, -0.2) is 4.98 Å². The van der Waals surface area contributed by atoms with E-state index in [0.29, 0.717) is 5.82 Å². The van der Waals surface area contributed by atoms with Crippen molar-refractivity contribution in [1.82, 2.24) is 15.0 Å². The molecule has 2 N–H and O–H groups in total. The van der Waals surface area contributed by atoms with E-state index in [2.05, 4.69) is 15.0 Å². The number of rotatable bonds is 2. The van der Waals surface area contributed by atoms with Gasteiger partial charge in [0.2, 0.25) is 5.95 Å². The highest BCUT2D eigenvalue weighted by molar-refractivity contribution is 7.13. The van der Waals surface area contributed by atoms with Gasteiger partial charge in [-0.05, 0) is 11.4 Å². The first kappa shape index (κ1) is 10.0. The summed E-state index contributed by atoms with van der Waals surface area (Å²) in [5.74, 6) is 1.96. The van der Waals surface area contributed by atoms with Crippen molar-refractivity contribution in [1.29, 1.82) is 0 Å². The van der Waals surface area contributed by atoms with Crippen molar-refractivity contribution in [2.75, 3.05) is 5.73 Å². The van der Waals surface area contributed by atoms with Gasteiger partial charge in [-0.3, -0.25) is 0 Å². The maximum atomic E-state index is 5.65. The molecule has 0 radical (unpaired) electrons. The monoisotopic (exact) mass is 220 g/mol. The van der Waals surface area contributed by atoms with E-state index in [-0.39, 0.29) is 11.9 Å². The summed E-state index contributed by atoms with van der Waals surface area (Å²) < 4.78 is 0. The summed E-state index contributed by atoms with van der Waals surface area (Å²) in [4.78, 5) is 13.6. The zero-order valence-electron chi connectivity index (χ0n) is 8.64. The zero-order valence-corrected chi connectivity index (χ0v) is 9.45. The average Bonchev–Trinajstić information content (AvgIpc) is 2.69. The lowest BCUT2D eigenvalue weighted by Crippen LogP contribution is -2.05. The first-order chi connectivity index (χ1) is 7.16. The van der Waals surface area contributed by atoms with E-state index in [1.807, 2.05) is 31.4 Å². The first-order valence-electron chi connectivity index (χ1n) is 4.72. The minimum absolute atomic E-state index is 0.258. The van der Waals surface area contributed by atoms with Crippen LogP contribution in [0, 0.1) is 0 Å². The van der Waals surface area contributed by atoms with E-state index >= 15 is 0 Å². The second-order valence-electron chi connectivity index (χ2n) is 3.51. The molecule has 2 aromatic heterocycles. The van der Waals surface area contributed by atoms with Crippen molar-refractivity contribution in [3.05, 3.63) is 23.3 Å². The molecule has 0 amide bonds. The molecule has 2 aromatic rings. The fourth-order valence-electron chi connectivity index (χ4n) is 1.18. The molecule has 0 aliphatic rings. The summed E-state index contributed by atoms with van der Waals surface area (Å²) in [5, 5.41) is 1.99. The SMILES string of the molecule is CC(C)c1nc(N)nc(-c2cccs2)n1. The molecule has 15 heavy (non-hydrogen) atoms. The van der Waals surface area contributed by atoms with Gasteiger partial charge in [0.05, 0.1) is 4.88 Å². The van der Waals surface area contributed by atoms with Gasteiger partial charge in [-0.1, -0.05) is 19.9 Å². The molecule has 5 heteroatoms. The number of thiophene rings is 1. The maximum absolute atomic E-state index is 5.65. The third-order valence-corrected chi connectivity index (χ3v) is 2.79. The molecular formula is C10H12N4S. The van der Waals surface area contributed by atoms with E-state index in [9.17, 15) is 0 Å². The molecule has 0 aliphatic heterocycles. The normalized spacial score (nSPS) is 10.9. The van der Waals surface area contributed by atoms with E-state index < -0.39 is 0 Å². The van der Waals surface area contributed by atoms with Gasteiger partial charge in [0.15, 0.2) is 5.82 Å². The van der Waals surface area contributed by atoms with Crippen LogP contribution in [0.3, 0.4) is 0 Å².